The summed E-state index contributed by atoms with van der Waals surface area (Å²) in [6.45, 7) is 0. The van der Waals surface area contributed by atoms with Gasteiger partial charge in [0.2, 0.25) is 5.91 Å². The lowest BCUT2D eigenvalue weighted by Crippen LogP contribution is -2.41. The Labute approximate surface area is 124 Å². The summed E-state index contributed by atoms with van der Waals surface area (Å²) in [5.41, 5.74) is 6.07. The summed E-state index contributed by atoms with van der Waals surface area (Å²) in [4.78, 5) is 13.8. The van der Waals surface area contributed by atoms with E-state index in [1.807, 2.05) is 0 Å². The Morgan fingerprint density at radius 2 is 2.05 bits per heavy atom. The van der Waals surface area contributed by atoms with Crippen LogP contribution in [0.5, 0.6) is 0 Å². The molecule has 4 heteroatoms. The topological polar surface area (TPSA) is 55.1 Å². The first-order valence-electron chi connectivity index (χ1n) is 7.85. The SMILES string of the molecule is NC1CCCC1C(=O)NC(c1cccs1)C1CCCC1. The van der Waals surface area contributed by atoms with Crippen LogP contribution < -0.4 is 11.1 Å². The Morgan fingerprint density at radius 3 is 2.65 bits per heavy atom. The van der Waals surface area contributed by atoms with Gasteiger partial charge in [0.1, 0.15) is 0 Å². The van der Waals surface area contributed by atoms with Crippen molar-refractivity contribution in [1.29, 1.82) is 0 Å². The molecule has 110 valence electrons. The lowest BCUT2D eigenvalue weighted by atomic mass is 9.95. The summed E-state index contributed by atoms with van der Waals surface area (Å²) in [5.74, 6) is 0.814. The van der Waals surface area contributed by atoms with Crippen molar-refractivity contribution in [2.24, 2.45) is 17.6 Å². The van der Waals surface area contributed by atoms with Gasteiger partial charge in [0, 0.05) is 10.9 Å². The van der Waals surface area contributed by atoms with Gasteiger partial charge in [0.25, 0.3) is 0 Å². The summed E-state index contributed by atoms with van der Waals surface area (Å²) in [5, 5.41) is 5.43. The van der Waals surface area contributed by atoms with Gasteiger partial charge in [0.15, 0.2) is 0 Å². The molecule has 2 fully saturated rings. The molecule has 3 N–H and O–H groups in total. The molecule has 0 spiro atoms. The van der Waals surface area contributed by atoms with Crippen LogP contribution in [0.25, 0.3) is 0 Å². The van der Waals surface area contributed by atoms with E-state index in [0.29, 0.717) is 5.92 Å². The minimum atomic E-state index is 0.0267. The number of nitrogens with one attached hydrogen (secondary N) is 1. The first-order chi connectivity index (χ1) is 9.75. The van der Waals surface area contributed by atoms with Gasteiger partial charge in [0.05, 0.1) is 12.0 Å². The quantitative estimate of drug-likeness (QED) is 0.895. The molecule has 2 aliphatic carbocycles. The van der Waals surface area contributed by atoms with E-state index < -0.39 is 0 Å². The Morgan fingerprint density at radius 1 is 1.25 bits per heavy atom. The zero-order valence-corrected chi connectivity index (χ0v) is 12.7. The van der Waals surface area contributed by atoms with E-state index in [2.05, 4.69) is 22.8 Å². The molecule has 0 bridgehead atoms. The first kappa shape index (κ1) is 14.1. The predicted molar refractivity (Wildman–Crippen MR) is 82.5 cm³/mol. The molecule has 3 unspecified atom stereocenters. The molecule has 3 atom stereocenters. The Kier molecular flexibility index (Phi) is 4.41. The summed E-state index contributed by atoms with van der Waals surface area (Å²) < 4.78 is 0. The van der Waals surface area contributed by atoms with E-state index in [0.717, 1.165) is 19.3 Å². The molecule has 0 aliphatic heterocycles. The highest BCUT2D eigenvalue weighted by atomic mass is 32.1. The van der Waals surface area contributed by atoms with Crippen molar-refractivity contribution in [3.8, 4) is 0 Å². The maximum absolute atomic E-state index is 12.5. The fourth-order valence-corrected chi connectivity index (χ4v) is 4.62. The maximum atomic E-state index is 12.5. The number of hydrogen-bond donors (Lipinski definition) is 2. The number of rotatable bonds is 4. The molecule has 0 aromatic carbocycles. The average molecular weight is 292 g/mol. The van der Waals surface area contributed by atoms with E-state index in [9.17, 15) is 4.79 Å². The second kappa shape index (κ2) is 6.27. The lowest BCUT2D eigenvalue weighted by Gasteiger charge is -2.26. The molecular weight excluding hydrogens is 268 g/mol. The van der Waals surface area contributed by atoms with E-state index in [-0.39, 0.29) is 23.9 Å². The number of nitrogens with two attached hydrogens (primary N) is 1. The molecule has 1 heterocycles. The summed E-state index contributed by atoms with van der Waals surface area (Å²) >= 11 is 1.76. The van der Waals surface area contributed by atoms with E-state index in [4.69, 9.17) is 5.73 Å². The third-order valence-electron chi connectivity index (χ3n) is 4.92. The highest BCUT2D eigenvalue weighted by molar-refractivity contribution is 7.10. The van der Waals surface area contributed by atoms with Crippen molar-refractivity contribution in [3.63, 3.8) is 0 Å². The van der Waals surface area contributed by atoms with Gasteiger partial charge in [-0.25, -0.2) is 0 Å². The monoisotopic (exact) mass is 292 g/mol. The molecule has 1 amide bonds. The summed E-state index contributed by atoms with van der Waals surface area (Å²) in [6, 6.07) is 4.50. The zero-order valence-electron chi connectivity index (χ0n) is 11.9. The number of hydrogen-bond acceptors (Lipinski definition) is 3. The normalized spacial score (nSPS) is 28.6. The van der Waals surface area contributed by atoms with Crippen molar-refractivity contribution >= 4 is 17.2 Å². The number of carbonyl (C=O) groups excluding carboxylic acids is 1. The van der Waals surface area contributed by atoms with Crippen LogP contribution in [0.2, 0.25) is 0 Å². The molecule has 2 aliphatic rings. The molecule has 1 aromatic rings. The highest BCUT2D eigenvalue weighted by Gasteiger charge is 2.34. The lowest BCUT2D eigenvalue weighted by molar-refractivity contribution is -0.126. The van der Waals surface area contributed by atoms with Crippen LogP contribution in [0.3, 0.4) is 0 Å². The van der Waals surface area contributed by atoms with E-state index >= 15 is 0 Å². The molecule has 0 radical (unpaired) electrons. The molecule has 1 aromatic heterocycles. The third-order valence-corrected chi connectivity index (χ3v) is 5.88. The van der Waals surface area contributed by atoms with Crippen molar-refractivity contribution in [2.45, 2.75) is 57.0 Å². The van der Waals surface area contributed by atoms with Crippen LogP contribution in [0.15, 0.2) is 17.5 Å². The van der Waals surface area contributed by atoms with Gasteiger partial charge in [-0.2, -0.15) is 0 Å². The molecule has 2 saturated carbocycles. The third kappa shape index (κ3) is 2.91. The van der Waals surface area contributed by atoms with Crippen molar-refractivity contribution in [2.75, 3.05) is 0 Å². The fraction of sp³-hybridized carbons (Fsp3) is 0.688. The van der Waals surface area contributed by atoms with Gasteiger partial charge in [-0.15, -0.1) is 11.3 Å². The van der Waals surface area contributed by atoms with E-state index in [1.165, 1.54) is 30.6 Å². The Bertz CT molecular complexity index is 439. The van der Waals surface area contributed by atoms with Gasteiger partial charge < -0.3 is 11.1 Å². The van der Waals surface area contributed by atoms with Crippen LogP contribution in [0, 0.1) is 11.8 Å². The minimum Gasteiger partial charge on any atom is -0.348 e. The van der Waals surface area contributed by atoms with Crippen molar-refractivity contribution in [1.82, 2.24) is 5.32 Å². The Hall–Kier alpha value is -0.870. The number of carbonyl (C=O) groups is 1. The number of amides is 1. The summed E-state index contributed by atoms with van der Waals surface area (Å²) in [7, 11) is 0. The smallest absolute Gasteiger partial charge is 0.225 e. The Balaban J connectivity index is 1.71. The molecule has 20 heavy (non-hydrogen) atoms. The van der Waals surface area contributed by atoms with Gasteiger partial charge in [-0.05, 0) is 43.0 Å². The fourth-order valence-electron chi connectivity index (χ4n) is 3.75. The second-order valence-corrected chi connectivity index (χ2v) is 7.23. The standard InChI is InChI=1S/C16H24N2OS/c17-13-8-3-7-12(13)16(19)18-15(11-5-1-2-6-11)14-9-4-10-20-14/h4,9-13,15H,1-3,5-8,17H2,(H,18,19). The first-order valence-corrected chi connectivity index (χ1v) is 8.73. The zero-order chi connectivity index (χ0) is 13.9. The van der Waals surface area contributed by atoms with Crippen molar-refractivity contribution in [3.05, 3.63) is 22.4 Å². The highest BCUT2D eigenvalue weighted by Crippen LogP contribution is 2.38. The van der Waals surface area contributed by atoms with Crippen LogP contribution >= 0.6 is 11.3 Å². The molecular formula is C16H24N2OS. The van der Waals surface area contributed by atoms with Crippen LogP contribution in [-0.4, -0.2) is 11.9 Å². The largest absolute Gasteiger partial charge is 0.348 e. The summed E-state index contributed by atoms with van der Waals surface area (Å²) in [6.07, 6.45) is 8.10. The second-order valence-electron chi connectivity index (χ2n) is 6.25. The maximum Gasteiger partial charge on any atom is 0.225 e. The van der Waals surface area contributed by atoms with Gasteiger partial charge >= 0.3 is 0 Å². The van der Waals surface area contributed by atoms with Gasteiger partial charge in [-0.3, -0.25) is 4.79 Å². The van der Waals surface area contributed by atoms with E-state index in [1.54, 1.807) is 11.3 Å². The number of thiophene rings is 1. The van der Waals surface area contributed by atoms with Crippen LogP contribution in [0.1, 0.15) is 55.9 Å². The predicted octanol–water partition coefficient (Wildman–Crippen LogP) is 3.22. The minimum absolute atomic E-state index is 0.0267. The molecule has 3 rings (SSSR count). The molecule has 0 saturated heterocycles. The van der Waals surface area contributed by atoms with Crippen LogP contribution in [-0.2, 0) is 4.79 Å². The van der Waals surface area contributed by atoms with Crippen LogP contribution in [0.4, 0.5) is 0 Å². The molecule has 3 nitrogen and oxygen atoms in total. The van der Waals surface area contributed by atoms with Gasteiger partial charge in [-0.1, -0.05) is 25.3 Å². The van der Waals surface area contributed by atoms with Crippen molar-refractivity contribution < 1.29 is 4.79 Å². The average Bonchev–Trinajstić information content (AvgIpc) is 3.18.